The van der Waals surface area contributed by atoms with Gasteiger partial charge in [-0.1, -0.05) is 24.3 Å². The van der Waals surface area contributed by atoms with Crippen molar-refractivity contribution in [3.05, 3.63) is 70.5 Å². The van der Waals surface area contributed by atoms with Crippen LogP contribution in [0.5, 0.6) is 0 Å². The monoisotopic (exact) mass is 284 g/mol. The third-order valence-electron chi connectivity index (χ3n) is 3.97. The van der Waals surface area contributed by atoms with Crippen molar-refractivity contribution in [3.8, 4) is 0 Å². The number of esters is 1. The van der Waals surface area contributed by atoms with Crippen molar-refractivity contribution in [1.82, 2.24) is 0 Å². The van der Waals surface area contributed by atoms with Crippen molar-refractivity contribution < 1.29 is 13.9 Å². The second-order valence-electron chi connectivity index (χ2n) is 5.44. The number of aryl methyl sites for hydroxylation is 2. The Hall–Kier alpha value is -2.16. The van der Waals surface area contributed by atoms with Crippen molar-refractivity contribution in [2.75, 3.05) is 0 Å². The molecule has 0 heterocycles. The van der Waals surface area contributed by atoms with Crippen LogP contribution in [0.1, 0.15) is 46.0 Å². The fraction of sp³-hybridized carbons (Fsp3) is 0.278. The van der Waals surface area contributed by atoms with E-state index in [0.717, 1.165) is 24.8 Å². The zero-order valence-corrected chi connectivity index (χ0v) is 11.9. The molecule has 3 rings (SSSR count). The normalized spacial score (nSPS) is 17.1. The number of carbonyl (C=O) groups is 1. The average Bonchev–Trinajstić information content (AvgIpc) is 2.47. The third-order valence-corrected chi connectivity index (χ3v) is 3.97. The van der Waals surface area contributed by atoms with Crippen LogP contribution in [-0.4, -0.2) is 5.97 Å². The molecule has 0 N–H and O–H groups in total. The lowest BCUT2D eigenvalue weighted by Crippen LogP contribution is -2.17. The Labute approximate surface area is 123 Å². The first-order valence-corrected chi connectivity index (χ1v) is 7.20. The molecule has 0 amide bonds. The summed E-state index contributed by atoms with van der Waals surface area (Å²) in [5.41, 5.74) is 3.37. The molecule has 2 aromatic carbocycles. The van der Waals surface area contributed by atoms with Crippen molar-refractivity contribution >= 4 is 5.97 Å². The Bertz CT molecular complexity index is 679. The third kappa shape index (κ3) is 2.82. The lowest BCUT2D eigenvalue weighted by atomic mass is 9.89. The van der Waals surface area contributed by atoms with Crippen LogP contribution in [0.2, 0.25) is 0 Å². The van der Waals surface area contributed by atoms with Crippen molar-refractivity contribution in [1.29, 1.82) is 0 Å². The molecule has 0 aromatic heterocycles. The summed E-state index contributed by atoms with van der Waals surface area (Å²) < 4.78 is 18.8. The Kier molecular flexibility index (Phi) is 3.74. The fourth-order valence-corrected chi connectivity index (χ4v) is 2.88. The van der Waals surface area contributed by atoms with E-state index >= 15 is 0 Å². The minimum Gasteiger partial charge on any atom is -0.454 e. The predicted molar refractivity (Wildman–Crippen MR) is 78.7 cm³/mol. The molecule has 3 heteroatoms. The van der Waals surface area contributed by atoms with Crippen LogP contribution in [0.4, 0.5) is 4.39 Å². The molecule has 0 spiro atoms. The van der Waals surface area contributed by atoms with E-state index in [-0.39, 0.29) is 17.9 Å². The molecule has 0 bridgehead atoms. The topological polar surface area (TPSA) is 26.3 Å². The van der Waals surface area contributed by atoms with E-state index in [9.17, 15) is 9.18 Å². The second kappa shape index (κ2) is 5.68. The highest BCUT2D eigenvalue weighted by atomic mass is 19.1. The summed E-state index contributed by atoms with van der Waals surface area (Å²) in [5, 5.41) is 0. The van der Waals surface area contributed by atoms with Gasteiger partial charge in [0.25, 0.3) is 0 Å². The van der Waals surface area contributed by atoms with Crippen molar-refractivity contribution in [3.63, 3.8) is 0 Å². The highest BCUT2D eigenvalue weighted by Gasteiger charge is 2.24. The number of carbonyl (C=O) groups excluding carboxylic acids is 1. The lowest BCUT2D eigenvalue weighted by Gasteiger charge is -2.25. The number of ether oxygens (including phenoxy) is 1. The van der Waals surface area contributed by atoms with Gasteiger partial charge in [0, 0.05) is 0 Å². The summed E-state index contributed by atoms with van der Waals surface area (Å²) in [5.74, 6) is -0.721. The first-order chi connectivity index (χ1) is 10.1. The van der Waals surface area contributed by atoms with Gasteiger partial charge in [0.2, 0.25) is 0 Å². The van der Waals surface area contributed by atoms with E-state index in [2.05, 4.69) is 6.07 Å². The Morgan fingerprint density at radius 1 is 1.24 bits per heavy atom. The zero-order chi connectivity index (χ0) is 14.8. The van der Waals surface area contributed by atoms with E-state index in [4.69, 9.17) is 4.74 Å². The Balaban J connectivity index is 1.83. The molecule has 1 atom stereocenters. The summed E-state index contributed by atoms with van der Waals surface area (Å²) in [6.07, 6.45) is 2.67. The van der Waals surface area contributed by atoms with Gasteiger partial charge in [0.15, 0.2) is 0 Å². The molecule has 1 aliphatic rings. The molecule has 1 aliphatic carbocycles. The van der Waals surface area contributed by atoms with Gasteiger partial charge in [-0.3, -0.25) is 0 Å². The van der Waals surface area contributed by atoms with Crippen molar-refractivity contribution in [2.45, 2.75) is 32.3 Å². The van der Waals surface area contributed by atoms with Crippen LogP contribution in [0.3, 0.4) is 0 Å². The molecule has 0 fully saturated rings. The molecule has 0 radical (unpaired) electrons. The number of rotatable bonds is 2. The summed E-state index contributed by atoms with van der Waals surface area (Å²) in [7, 11) is 0. The number of hydrogen-bond donors (Lipinski definition) is 0. The maximum atomic E-state index is 13.1. The molecule has 2 nitrogen and oxygen atoms in total. The lowest BCUT2D eigenvalue weighted by molar-refractivity contribution is 0.0255. The van der Waals surface area contributed by atoms with Gasteiger partial charge in [-0.05, 0) is 61.1 Å². The van der Waals surface area contributed by atoms with Gasteiger partial charge in [0.05, 0.1) is 5.56 Å². The molecule has 0 saturated heterocycles. The number of benzene rings is 2. The van der Waals surface area contributed by atoms with Crippen LogP contribution in [-0.2, 0) is 11.2 Å². The number of halogens is 1. The predicted octanol–water partition coefficient (Wildman–Crippen LogP) is 4.37. The maximum Gasteiger partial charge on any atom is 0.339 e. The van der Waals surface area contributed by atoms with E-state index in [1.807, 2.05) is 18.2 Å². The van der Waals surface area contributed by atoms with E-state index in [1.54, 1.807) is 6.92 Å². The standard InChI is InChI=1S/C18H17FO2/c1-12-11-14(19)9-10-15(12)18(20)21-17-8-4-6-13-5-2-3-7-16(13)17/h2-3,5,7,9-11,17H,4,6,8H2,1H3. The fourth-order valence-electron chi connectivity index (χ4n) is 2.88. The van der Waals surface area contributed by atoms with E-state index < -0.39 is 0 Å². The molecular weight excluding hydrogens is 267 g/mol. The van der Waals surface area contributed by atoms with Gasteiger partial charge >= 0.3 is 5.97 Å². The van der Waals surface area contributed by atoms with Gasteiger partial charge in [-0.15, -0.1) is 0 Å². The minimum atomic E-state index is -0.380. The summed E-state index contributed by atoms with van der Waals surface area (Å²) in [4.78, 5) is 12.3. The largest absolute Gasteiger partial charge is 0.454 e. The molecule has 0 aliphatic heterocycles. The van der Waals surface area contributed by atoms with Crippen LogP contribution in [0.25, 0.3) is 0 Å². The van der Waals surface area contributed by atoms with Crippen LogP contribution >= 0.6 is 0 Å². The molecule has 21 heavy (non-hydrogen) atoms. The van der Waals surface area contributed by atoms with E-state index in [0.29, 0.717) is 11.1 Å². The quantitative estimate of drug-likeness (QED) is 0.765. The minimum absolute atomic E-state index is 0.202. The van der Waals surface area contributed by atoms with E-state index in [1.165, 1.54) is 23.8 Å². The highest BCUT2D eigenvalue weighted by Crippen LogP contribution is 2.33. The number of fused-ring (bicyclic) bond motifs is 1. The van der Waals surface area contributed by atoms with Crippen molar-refractivity contribution in [2.24, 2.45) is 0 Å². The smallest absolute Gasteiger partial charge is 0.339 e. The number of hydrogen-bond acceptors (Lipinski definition) is 2. The molecule has 1 unspecified atom stereocenters. The second-order valence-corrected chi connectivity index (χ2v) is 5.44. The zero-order valence-electron chi connectivity index (χ0n) is 11.9. The molecular formula is C18H17FO2. The highest BCUT2D eigenvalue weighted by molar-refractivity contribution is 5.91. The van der Waals surface area contributed by atoms with Gasteiger partial charge < -0.3 is 4.74 Å². The first-order valence-electron chi connectivity index (χ1n) is 7.20. The van der Waals surface area contributed by atoms with Crippen LogP contribution in [0.15, 0.2) is 42.5 Å². The Morgan fingerprint density at radius 3 is 2.86 bits per heavy atom. The van der Waals surface area contributed by atoms with Gasteiger partial charge in [0.1, 0.15) is 11.9 Å². The molecule has 2 aromatic rings. The molecule has 0 saturated carbocycles. The van der Waals surface area contributed by atoms with Gasteiger partial charge in [-0.2, -0.15) is 0 Å². The Morgan fingerprint density at radius 2 is 2.05 bits per heavy atom. The average molecular weight is 284 g/mol. The summed E-state index contributed by atoms with van der Waals surface area (Å²) in [6, 6.07) is 12.2. The molecule has 108 valence electrons. The SMILES string of the molecule is Cc1cc(F)ccc1C(=O)OC1CCCc2ccccc21. The van der Waals surface area contributed by atoms with Crippen LogP contribution < -0.4 is 0 Å². The first kappa shape index (κ1) is 13.8. The van der Waals surface area contributed by atoms with Gasteiger partial charge in [-0.25, -0.2) is 9.18 Å². The summed E-state index contributed by atoms with van der Waals surface area (Å²) >= 11 is 0. The maximum absolute atomic E-state index is 13.1. The summed E-state index contributed by atoms with van der Waals surface area (Å²) in [6.45, 7) is 1.72. The van der Waals surface area contributed by atoms with Crippen LogP contribution in [0, 0.1) is 12.7 Å².